The van der Waals surface area contributed by atoms with E-state index in [0.717, 1.165) is 55.9 Å². The molecule has 2 atom stereocenters. The predicted octanol–water partition coefficient (Wildman–Crippen LogP) is 3.89. The van der Waals surface area contributed by atoms with E-state index in [1.54, 1.807) is 19.1 Å². The summed E-state index contributed by atoms with van der Waals surface area (Å²) in [5.74, 6) is -1.25. The SMILES string of the molecule is CCOC(=O)[C@H](Cc1ccc(O)cc1)NC(=O)C1(NC(=O)C(SC(=O)C2CCCC2)C(C)C)CCCC1. The maximum absolute atomic E-state index is 13.6. The van der Waals surface area contributed by atoms with Crippen molar-refractivity contribution in [2.24, 2.45) is 11.8 Å². The van der Waals surface area contributed by atoms with Crippen LogP contribution in [0.25, 0.3) is 0 Å². The average molecular weight is 533 g/mol. The minimum atomic E-state index is -1.14. The summed E-state index contributed by atoms with van der Waals surface area (Å²) in [6.07, 6.45) is 6.51. The predicted molar refractivity (Wildman–Crippen MR) is 143 cm³/mol. The van der Waals surface area contributed by atoms with E-state index in [2.05, 4.69) is 10.6 Å². The zero-order chi connectivity index (χ0) is 27.0. The highest BCUT2D eigenvalue weighted by atomic mass is 32.2. The van der Waals surface area contributed by atoms with Crippen molar-refractivity contribution in [2.75, 3.05) is 6.61 Å². The van der Waals surface area contributed by atoms with Crippen LogP contribution in [-0.2, 0) is 30.3 Å². The molecule has 1 aromatic rings. The van der Waals surface area contributed by atoms with Gasteiger partial charge in [-0.15, -0.1) is 0 Å². The van der Waals surface area contributed by atoms with E-state index in [4.69, 9.17) is 4.74 Å². The number of amides is 2. The lowest BCUT2D eigenvalue weighted by molar-refractivity contribution is -0.148. The first kappa shape index (κ1) is 29.0. The van der Waals surface area contributed by atoms with Crippen LogP contribution in [0.4, 0.5) is 0 Å². The van der Waals surface area contributed by atoms with Crippen LogP contribution in [0.5, 0.6) is 5.75 Å². The third kappa shape index (κ3) is 7.72. The molecule has 2 amide bonds. The Morgan fingerprint density at radius 2 is 1.68 bits per heavy atom. The van der Waals surface area contributed by atoms with Gasteiger partial charge in [-0.3, -0.25) is 14.4 Å². The molecule has 8 nitrogen and oxygen atoms in total. The molecule has 0 spiro atoms. The number of hydrogen-bond acceptors (Lipinski definition) is 7. The number of aromatic hydroxyl groups is 1. The van der Waals surface area contributed by atoms with Crippen molar-refractivity contribution in [3.63, 3.8) is 0 Å². The first-order valence-electron chi connectivity index (χ1n) is 13.4. The second kappa shape index (κ2) is 13.3. The Labute approximate surface area is 223 Å². The summed E-state index contributed by atoms with van der Waals surface area (Å²) >= 11 is 1.10. The molecule has 1 aromatic carbocycles. The lowest BCUT2D eigenvalue weighted by Crippen LogP contribution is -2.61. The second-order valence-electron chi connectivity index (χ2n) is 10.5. The standard InChI is InChI=1S/C28H40N2O6S/c1-4-36-25(33)22(17-19-11-13-21(31)14-12-19)29-27(35)28(15-7-8-16-28)30-24(32)23(18(2)3)37-26(34)20-9-5-6-10-20/h11-14,18,20,22-23,31H,4-10,15-17H2,1-3H3,(H,29,35)(H,30,32)/t22-,23?/m0/s1. The molecule has 37 heavy (non-hydrogen) atoms. The summed E-state index contributed by atoms with van der Waals surface area (Å²) < 4.78 is 5.21. The molecule has 9 heteroatoms. The third-order valence-corrected chi connectivity index (χ3v) is 8.88. The monoisotopic (exact) mass is 532 g/mol. The van der Waals surface area contributed by atoms with Crippen molar-refractivity contribution in [1.82, 2.24) is 10.6 Å². The summed E-state index contributed by atoms with van der Waals surface area (Å²) in [6.45, 7) is 5.70. The Bertz CT molecular complexity index is 952. The van der Waals surface area contributed by atoms with Crippen LogP contribution in [0.15, 0.2) is 24.3 Å². The zero-order valence-electron chi connectivity index (χ0n) is 22.1. The number of nitrogens with one attached hydrogen (secondary N) is 2. The van der Waals surface area contributed by atoms with Gasteiger partial charge in [-0.1, -0.05) is 63.4 Å². The summed E-state index contributed by atoms with van der Waals surface area (Å²) in [7, 11) is 0. The largest absolute Gasteiger partial charge is 0.508 e. The maximum Gasteiger partial charge on any atom is 0.328 e. The number of phenols is 1. The number of phenolic OH excluding ortho intramolecular Hbond substituents is 1. The van der Waals surface area contributed by atoms with Gasteiger partial charge in [0.2, 0.25) is 11.8 Å². The van der Waals surface area contributed by atoms with Crippen molar-refractivity contribution >= 4 is 34.7 Å². The number of rotatable bonds is 11. The molecular weight excluding hydrogens is 492 g/mol. The smallest absolute Gasteiger partial charge is 0.328 e. The lowest BCUT2D eigenvalue weighted by Gasteiger charge is -2.33. The van der Waals surface area contributed by atoms with E-state index in [0.29, 0.717) is 12.8 Å². The topological polar surface area (TPSA) is 122 Å². The molecule has 3 N–H and O–H groups in total. The van der Waals surface area contributed by atoms with Crippen molar-refractivity contribution in [2.45, 2.75) is 95.4 Å². The number of thioether (sulfide) groups is 1. The molecule has 0 saturated heterocycles. The molecule has 0 bridgehead atoms. The van der Waals surface area contributed by atoms with E-state index in [1.165, 1.54) is 12.1 Å². The molecule has 2 saturated carbocycles. The number of carbonyl (C=O) groups excluding carboxylic acids is 4. The van der Waals surface area contributed by atoms with E-state index >= 15 is 0 Å². The summed E-state index contributed by atoms with van der Waals surface area (Å²) in [5.41, 5.74) is -0.386. The fourth-order valence-corrected chi connectivity index (χ4v) is 6.29. The van der Waals surface area contributed by atoms with Crippen LogP contribution in [-0.4, -0.2) is 51.4 Å². The highest BCUT2D eigenvalue weighted by Crippen LogP contribution is 2.35. The molecule has 204 valence electrons. The fourth-order valence-electron chi connectivity index (χ4n) is 5.17. The Morgan fingerprint density at radius 3 is 2.24 bits per heavy atom. The molecule has 0 aliphatic heterocycles. The maximum atomic E-state index is 13.6. The molecule has 0 aromatic heterocycles. The zero-order valence-corrected chi connectivity index (χ0v) is 22.9. The van der Waals surface area contributed by atoms with Crippen LogP contribution in [0.2, 0.25) is 0 Å². The normalized spacial score (nSPS) is 18.8. The van der Waals surface area contributed by atoms with E-state index in [1.807, 2.05) is 13.8 Å². The van der Waals surface area contributed by atoms with Crippen LogP contribution < -0.4 is 10.6 Å². The fraction of sp³-hybridized carbons (Fsp3) is 0.643. The molecule has 3 rings (SSSR count). The van der Waals surface area contributed by atoms with Gasteiger partial charge in [0.05, 0.1) is 11.9 Å². The molecule has 0 radical (unpaired) electrons. The molecule has 2 aliphatic carbocycles. The Morgan fingerprint density at radius 1 is 1.05 bits per heavy atom. The number of hydrogen-bond donors (Lipinski definition) is 3. The molecule has 0 heterocycles. The van der Waals surface area contributed by atoms with Gasteiger partial charge in [-0.2, -0.15) is 0 Å². The lowest BCUT2D eigenvalue weighted by atomic mass is 9.94. The van der Waals surface area contributed by atoms with Crippen LogP contribution in [0.3, 0.4) is 0 Å². The minimum absolute atomic E-state index is 0.00743. The van der Waals surface area contributed by atoms with Gasteiger partial charge in [0.25, 0.3) is 0 Å². The van der Waals surface area contributed by atoms with Crippen LogP contribution >= 0.6 is 11.8 Å². The van der Waals surface area contributed by atoms with Crippen molar-refractivity contribution in [3.05, 3.63) is 29.8 Å². The number of ether oxygens (including phenoxy) is 1. The number of esters is 1. The van der Waals surface area contributed by atoms with Crippen molar-refractivity contribution < 1.29 is 29.0 Å². The highest BCUT2D eigenvalue weighted by molar-refractivity contribution is 8.14. The first-order chi connectivity index (χ1) is 17.6. The summed E-state index contributed by atoms with van der Waals surface area (Å²) in [4.78, 5) is 52.7. The van der Waals surface area contributed by atoms with Gasteiger partial charge in [0, 0.05) is 12.3 Å². The van der Waals surface area contributed by atoms with Gasteiger partial charge in [-0.05, 0) is 56.2 Å². The van der Waals surface area contributed by atoms with E-state index in [9.17, 15) is 24.3 Å². The van der Waals surface area contributed by atoms with Crippen LogP contribution in [0.1, 0.15) is 77.7 Å². The third-order valence-electron chi connectivity index (χ3n) is 7.30. The molecular formula is C28H40N2O6S. The summed E-state index contributed by atoms with van der Waals surface area (Å²) in [6, 6.07) is 5.48. The number of benzene rings is 1. The quantitative estimate of drug-likeness (QED) is 0.370. The van der Waals surface area contributed by atoms with Gasteiger partial charge >= 0.3 is 5.97 Å². The van der Waals surface area contributed by atoms with Crippen molar-refractivity contribution in [1.29, 1.82) is 0 Å². The Hall–Kier alpha value is -2.55. The molecule has 2 aliphatic rings. The second-order valence-corrected chi connectivity index (χ2v) is 11.7. The molecule has 2 fully saturated rings. The number of carbonyl (C=O) groups is 4. The van der Waals surface area contributed by atoms with Crippen molar-refractivity contribution in [3.8, 4) is 5.75 Å². The van der Waals surface area contributed by atoms with Gasteiger partial charge in [0.1, 0.15) is 17.3 Å². The van der Waals surface area contributed by atoms with Gasteiger partial charge in [0.15, 0.2) is 5.12 Å². The van der Waals surface area contributed by atoms with Gasteiger partial charge in [-0.25, -0.2) is 4.79 Å². The first-order valence-corrected chi connectivity index (χ1v) is 14.3. The molecule has 1 unspecified atom stereocenters. The summed E-state index contributed by atoms with van der Waals surface area (Å²) in [5, 5.41) is 14.9. The Balaban J connectivity index is 1.74. The van der Waals surface area contributed by atoms with Crippen LogP contribution in [0, 0.1) is 11.8 Å². The van der Waals surface area contributed by atoms with Gasteiger partial charge < -0.3 is 20.5 Å². The highest BCUT2D eigenvalue weighted by Gasteiger charge is 2.45. The Kier molecular flexibility index (Phi) is 10.4. The average Bonchev–Trinajstić information content (AvgIpc) is 3.56. The van der Waals surface area contributed by atoms with E-state index < -0.39 is 28.7 Å². The van der Waals surface area contributed by atoms with E-state index in [-0.39, 0.29) is 41.6 Å². The minimum Gasteiger partial charge on any atom is -0.508 e.